The molecule has 58 valence electrons. The van der Waals surface area contributed by atoms with Gasteiger partial charge < -0.3 is 9.47 Å². The fourth-order valence-electron chi connectivity index (χ4n) is 0.910. The zero-order valence-corrected chi connectivity index (χ0v) is 5.99. The number of nitrogens with zero attached hydrogens (tertiary/aromatic N) is 2. The van der Waals surface area contributed by atoms with Crippen LogP contribution >= 0.6 is 0 Å². The zero-order valence-electron chi connectivity index (χ0n) is 5.99. The molecule has 1 saturated heterocycles. The lowest BCUT2D eigenvalue weighted by Gasteiger charge is -2.11. The topological polar surface area (TPSA) is 66.0 Å². The normalized spacial score (nSPS) is 20.5. The number of hydrogen-bond donors (Lipinski definition) is 0. The van der Waals surface area contributed by atoms with E-state index in [4.69, 9.17) is 20.0 Å². The summed E-state index contributed by atoms with van der Waals surface area (Å²) in [7, 11) is 0. The molecular formula is C7H8N2O2. The molecule has 1 heterocycles. The smallest absolute Gasteiger partial charge is 0.174 e. The Morgan fingerprint density at radius 2 is 2.00 bits per heavy atom. The van der Waals surface area contributed by atoms with Gasteiger partial charge in [0.25, 0.3) is 0 Å². The van der Waals surface area contributed by atoms with E-state index in [1.54, 1.807) is 0 Å². The van der Waals surface area contributed by atoms with Gasteiger partial charge in [-0.25, -0.2) is 0 Å². The largest absolute Gasteiger partial charge is 0.349 e. The van der Waals surface area contributed by atoms with Crippen LogP contribution in [-0.4, -0.2) is 19.5 Å². The number of ether oxygens (including phenoxy) is 2. The van der Waals surface area contributed by atoms with Crippen LogP contribution in [0.4, 0.5) is 0 Å². The monoisotopic (exact) mass is 152 g/mol. The zero-order chi connectivity index (χ0) is 8.10. The van der Waals surface area contributed by atoms with Gasteiger partial charge in [-0.1, -0.05) is 0 Å². The highest BCUT2D eigenvalue weighted by Gasteiger charge is 2.26. The van der Waals surface area contributed by atoms with Crippen molar-refractivity contribution in [3.8, 4) is 12.1 Å². The van der Waals surface area contributed by atoms with E-state index in [0.717, 1.165) is 0 Å². The van der Waals surface area contributed by atoms with Crippen LogP contribution in [0.25, 0.3) is 0 Å². The van der Waals surface area contributed by atoms with Crippen molar-refractivity contribution in [1.29, 1.82) is 10.5 Å². The Labute approximate surface area is 64.9 Å². The van der Waals surface area contributed by atoms with Gasteiger partial charge in [0.2, 0.25) is 0 Å². The summed E-state index contributed by atoms with van der Waals surface area (Å²) in [5.41, 5.74) is 0. The van der Waals surface area contributed by atoms with Gasteiger partial charge in [0.1, 0.15) is 5.92 Å². The van der Waals surface area contributed by atoms with Crippen LogP contribution in [0.3, 0.4) is 0 Å². The fourth-order valence-corrected chi connectivity index (χ4v) is 0.910. The average molecular weight is 152 g/mol. The van der Waals surface area contributed by atoms with Gasteiger partial charge >= 0.3 is 0 Å². The van der Waals surface area contributed by atoms with Gasteiger partial charge in [-0.3, -0.25) is 0 Å². The van der Waals surface area contributed by atoms with Crippen molar-refractivity contribution in [1.82, 2.24) is 0 Å². The lowest BCUT2D eigenvalue weighted by Crippen LogP contribution is -2.19. The lowest BCUT2D eigenvalue weighted by atomic mass is 10.1. The Bertz CT molecular complexity index is 197. The first kappa shape index (κ1) is 8.00. The van der Waals surface area contributed by atoms with E-state index in [1.807, 2.05) is 12.1 Å². The van der Waals surface area contributed by atoms with Crippen molar-refractivity contribution in [2.45, 2.75) is 12.7 Å². The predicted octanol–water partition coefficient (Wildman–Crippen LogP) is 0.413. The van der Waals surface area contributed by atoms with Crippen LogP contribution in [0.1, 0.15) is 6.42 Å². The molecule has 0 aliphatic carbocycles. The van der Waals surface area contributed by atoms with Gasteiger partial charge in [0.05, 0.1) is 31.8 Å². The van der Waals surface area contributed by atoms with Crippen molar-refractivity contribution in [3.63, 3.8) is 0 Å². The average Bonchev–Trinajstić information content (AvgIpc) is 2.52. The molecule has 11 heavy (non-hydrogen) atoms. The summed E-state index contributed by atoms with van der Waals surface area (Å²) < 4.78 is 10.1. The summed E-state index contributed by atoms with van der Waals surface area (Å²) in [4.78, 5) is 0. The Morgan fingerprint density at radius 3 is 2.45 bits per heavy atom. The maximum Gasteiger partial charge on any atom is 0.174 e. The highest BCUT2D eigenvalue weighted by Crippen LogP contribution is 2.16. The van der Waals surface area contributed by atoms with Crippen molar-refractivity contribution in [2.75, 3.05) is 13.2 Å². The molecule has 1 atom stereocenters. The summed E-state index contributed by atoms with van der Waals surface area (Å²) in [6.45, 7) is 1.04. The summed E-state index contributed by atoms with van der Waals surface area (Å²) in [6.07, 6.45) is -0.319. The molecule has 1 rings (SSSR count). The fraction of sp³-hybridized carbons (Fsp3) is 0.714. The molecule has 4 nitrogen and oxygen atoms in total. The first-order valence-corrected chi connectivity index (χ1v) is 3.38. The standard InChI is InChI=1S/C7H8N2O2/c8-2-1-6(5-9)7-10-3-4-11-7/h6-7H,1,3-4H2/t6-/m1/s1. The van der Waals surface area contributed by atoms with Crippen molar-refractivity contribution in [2.24, 2.45) is 5.92 Å². The molecule has 1 fully saturated rings. The molecule has 1 aliphatic heterocycles. The summed E-state index contributed by atoms with van der Waals surface area (Å²) in [5.74, 6) is -0.442. The molecule has 0 aromatic carbocycles. The van der Waals surface area contributed by atoms with E-state index in [9.17, 15) is 0 Å². The van der Waals surface area contributed by atoms with E-state index in [-0.39, 0.29) is 6.42 Å². The highest BCUT2D eigenvalue weighted by molar-refractivity contribution is 4.92. The minimum absolute atomic E-state index is 0.168. The Hall–Kier alpha value is -1.10. The molecule has 0 amide bonds. The maximum absolute atomic E-state index is 8.56. The van der Waals surface area contributed by atoms with Gasteiger partial charge in [-0.2, -0.15) is 10.5 Å². The molecule has 0 bridgehead atoms. The van der Waals surface area contributed by atoms with Gasteiger partial charge in [-0.15, -0.1) is 0 Å². The molecule has 0 aromatic rings. The first-order valence-electron chi connectivity index (χ1n) is 3.38. The van der Waals surface area contributed by atoms with Crippen molar-refractivity contribution < 1.29 is 9.47 Å². The minimum Gasteiger partial charge on any atom is -0.349 e. The second kappa shape index (κ2) is 3.92. The minimum atomic E-state index is -0.486. The van der Waals surface area contributed by atoms with E-state index in [2.05, 4.69) is 0 Å². The second-order valence-corrected chi connectivity index (χ2v) is 2.21. The third kappa shape index (κ3) is 1.91. The van der Waals surface area contributed by atoms with Crippen LogP contribution in [-0.2, 0) is 9.47 Å². The highest BCUT2D eigenvalue weighted by atomic mass is 16.7. The van der Waals surface area contributed by atoms with E-state index >= 15 is 0 Å². The summed E-state index contributed by atoms with van der Waals surface area (Å²) in [6, 6.07) is 3.89. The molecule has 4 heteroatoms. The SMILES string of the molecule is N#CC[C@H](C#N)C1OCCO1. The van der Waals surface area contributed by atoms with E-state index < -0.39 is 12.2 Å². The summed E-state index contributed by atoms with van der Waals surface area (Å²) >= 11 is 0. The second-order valence-electron chi connectivity index (χ2n) is 2.21. The van der Waals surface area contributed by atoms with Crippen LogP contribution < -0.4 is 0 Å². The molecule has 0 N–H and O–H groups in total. The molecule has 1 aliphatic rings. The van der Waals surface area contributed by atoms with Crippen LogP contribution in [0, 0.1) is 28.6 Å². The van der Waals surface area contributed by atoms with Crippen LogP contribution in [0.2, 0.25) is 0 Å². The number of rotatable bonds is 2. The molecule has 0 spiro atoms. The molecular weight excluding hydrogens is 144 g/mol. The Morgan fingerprint density at radius 1 is 1.36 bits per heavy atom. The third-order valence-corrected chi connectivity index (χ3v) is 1.45. The molecule has 0 saturated carbocycles. The predicted molar refractivity (Wildman–Crippen MR) is 35.0 cm³/mol. The number of nitriles is 2. The van der Waals surface area contributed by atoms with Crippen LogP contribution in [0.15, 0.2) is 0 Å². The Balaban J connectivity index is 2.43. The van der Waals surface area contributed by atoms with Crippen molar-refractivity contribution in [3.05, 3.63) is 0 Å². The molecule has 0 aromatic heterocycles. The third-order valence-electron chi connectivity index (χ3n) is 1.45. The van der Waals surface area contributed by atoms with Crippen LogP contribution in [0.5, 0.6) is 0 Å². The van der Waals surface area contributed by atoms with E-state index in [0.29, 0.717) is 13.2 Å². The summed E-state index contributed by atoms with van der Waals surface area (Å²) in [5, 5.41) is 16.9. The Kier molecular flexibility index (Phi) is 2.85. The maximum atomic E-state index is 8.56. The molecule has 0 unspecified atom stereocenters. The van der Waals surface area contributed by atoms with Crippen molar-refractivity contribution >= 4 is 0 Å². The van der Waals surface area contributed by atoms with E-state index in [1.165, 1.54) is 0 Å². The number of hydrogen-bond acceptors (Lipinski definition) is 4. The van der Waals surface area contributed by atoms with Gasteiger partial charge in [0.15, 0.2) is 6.29 Å². The lowest BCUT2D eigenvalue weighted by molar-refractivity contribution is -0.0670. The van der Waals surface area contributed by atoms with Gasteiger partial charge in [0, 0.05) is 0 Å². The first-order chi connectivity index (χ1) is 5.38. The molecule has 0 radical (unpaired) electrons. The van der Waals surface area contributed by atoms with Gasteiger partial charge in [-0.05, 0) is 0 Å². The quantitative estimate of drug-likeness (QED) is 0.574.